The van der Waals surface area contributed by atoms with Crippen molar-refractivity contribution in [2.45, 2.75) is 39.2 Å². The van der Waals surface area contributed by atoms with E-state index >= 15 is 0 Å². The van der Waals surface area contributed by atoms with Gasteiger partial charge in [-0.2, -0.15) is 0 Å². The van der Waals surface area contributed by atoms with Crippen molar-refractivity contribution in [3.63, 3.8) is 0 Å². The molecule has 1 atom stereocenters. The molecule has 1 unspecified atom stereocenters. The van der Waals surface area contributed by atoms with Crippen LogP contribution in [0.1, 0.15) is 33.6 Å². The zero-order chi connectivity index (χ0) is 8.04. The van der Waals surface area contributed by atoms with Crippen LogP contribution in [0.5, 0.6) is 0 Å². The van der Waals surface area contributed by atoms with E-state index < -0.39 is 0 Å². The lowest BCUT2D eigenvalue weighted by Crippen LogP contribution is -2.45. The average Bonchev–Trinajstić information content (AvgIpc) is 1.84. The number of nitrogens with one attached hydrogen (secondary N) is 1. The normalized spacial score (nSPS) is 16.8. The summed E-state index contributed by atoms with van der Waals surface area (Å²) in [6.07, 6.45) is 2.26. The molecule has 0 amide bonds. The van der Waals surface area contributed by atoms with Gasteiger partial charge in [-0.1, -0.05) is 20.3 Å². The van der Waals surface area contributed by atoms with Gasteiger partial charge >= 0.3 is 0 Å². The fourth-order valence-corrected chi connectivity index (χ4v) is 1.07. The summed E-state index contributed by atoms with van der Waals surface area (Å²) in [5.41, 5.74) is 5.94. The van der Waals surface area contributed by atoms with Crippen LogP contribution in [-0.4, -0.2) is 18.6 Å². The van der Waals surface area contributed by atoms with Crippen LogP contribution < -0.4 is 11.1 Å². The average molecular weight is 144 g/mol. The molecule has 3 N–H and O–H groups in total. The van der Waals surface area contributed by atoms with Gasteiger partial charge in [0.05, 0.1) is 0 Å². The van der Waals surface area contributed by atoms with E-state index in [-0.39, 0.29) is 5.54 Å². The van der Waals surface area contributed by atoms with Crippen LogP contribution in [0.2, 0.25) is 0 Å². The van der Waals surface area contributed by atoms with E-state index in [2.05, 4.69) is 26.1 Å². The Morgan fingerprint density at radius 1 is 1.40 bits per heavy atom. The van der Waals surface area contributed by atoms with Crippen LogP contribution >= 0.6 is 0 Å². The largest absolute Gasteiger partial charge is 0.324 e. The maximum Gasteiger partial charge on any atom is 0.0252 e. The van der Waals surface area contributed by atoms with Gasteiger partial charge in [0.2, 0.25) is 0 Å². The maximum absolute atomic E-state index is 5.95. The van der Waals surface area contributed by atoms with E-state index in [0.717, 1.165) is 19.5 Å². The molecule has 0 saturated heterocycles. The molecule has 0 radical (unpaired) electrons. The molecule has 2 heteroatoms. The SMILES string of the molecule is CCCC(C)(N)CNCC. The number of likely N-dealkylation sites (N-methyl/N-ethyl adjacent to an activating group) is 1. The molecule has 0 aliphatic heterocycles. The van der Waals surface area contributed by atoms with Crippen molar-refractivity contribution in [3.8, 4) is 0 Å². The summed E-state index contributed by atoms with van der Waals surface area (Å²) in [7, 11) is 0. The first-order chi connectivity index (χ1) is 4.62. The standard InChI is InChI=1S/C8H20N2/c1-4-6-8(3,9)7-10-5-2/h10H,4-7,9H2,1-3H3. The molecular formula is C8H20N2. The molecule has 0 aromatic carbocycles. The van der Waals surface area contributed by atoms with Gasteiger partial charge in [0.25, 0.3) is 0 Å². The molecule has 0 spiro atoms. The van der Waals surface area contributed by atoms with Gasteiger partial charge in [0.1, 0.15) is 0 Å². The fourth-order valence-electron chi connectivity index (χ4n) is 1.07. The fraction of sp³-hybridized carbons (Fsp3) is 1.00. The third-order valence-electron chi connectivity index (χ3n) is 1.60. The van der Waals surface area contributed by atoms with Crippen molar-refractivity contribution >= 4 is 0 Å². The Morgan fingerprint density at radius 3 is 2.40 bits per heavy atom. The minimum absolute atomic E-state index is 0.00917. The summed E-state index contributed by atoms with van der Waals surface area (Å²) in [5, 5.41) is 3.25. The predicted octanol–water partition coefficient (Wildman–Crippen LogP) is 1.11. The molecule has 0 rings (SSSR count). The molecule has 0 aliphatic rings. The Balaban J connectivity index is 3.42. The van der Waals surface area contributed by atoms with Crippen molar-refractivity contribution in [1.29, 1.82) is 0 Å². The van der Waals surface area contributed by atoms with Crippen LogP contribution in [0.25, 0.3) is 0 Å². The molecular weight excluding hydrogens is 124 g/mol. The van der Waals surface area contributed by atoms with Gasteiger partial charge in [-0.05, 0) is 19.9 Å². The van der Waals surface area contributed by atoms with Gasteiger partial charge < -0.3 is 11.1 Å². The van der Waals surface area contributed by atoms with E-state index in [1.165, 1.54) is 6.42 Å². The highest BCUT2D eigenvalue weighted by molar-refractivity contribution is 4.79. The van der Waals surface area contributed by atoms with Crippen molar-refractivity contribution in [2.24, 2.45) is 5.73 Å². The number of hydrogen-bond acceptors (Lipinski definition) is 2. The maximum atomic E-state index is 5.95. The van der Waals surface area contributed by atoms with Gasteiger partial charge in [0, 0.05) is 12.1 Å². The summed E-state index contributed by atoms with van der Waals surface area (Å²) in [4.78, 5) is 0. The Morgan fingerprint density at radius 2 is 2.00 bits per heavy atom. The first kappa shape index (κ1) is 9.92. The molecule has 2 nitrogen and oxygen atoms in total. The van der Waals surface area contributed by atoms with Gasteiger partial charge in [-0.25, -0.2) is 0 Å². The highest BCUT2D eigenvalue weighted by atomic mass is 14.9. The lowest BCUT2D eigenvalue weighted by molar-refractivity contribution is 0.401. The van der Waals surface area contributed by atoms with E-state index in [9.17, 15) is 0 Å². The molecule has 0 fully saturated rings. The summed E-state index contributed by atoms with van der Waals surface area (Å²) in [6, 6.07) is 0. The Hall–Kier alpha value is -0.0800. The zero-order valence-corrected chi connectivity index (χ0v) is 7.41. The number of rotatable bonds is 5. The predicted molar refractivity (Wildman–Crippen MR) is 46.0 cm³/mol. The van der Waals surface area contributed by atoms with E-state index in [1.807, 2.05) is 0 Å². The van der Waals surface area contributed by atoms with E-state index in [1.54, 1.807) is 0 Å². The molecule has 0 heterocycles. The second kappa shape index (κ2) is 4.69. The summed E-state index contributed by atoms with van der Waals surface area (Å²) < 4.78 is 0. The monoisotopic (exact) mass is 144 g/mol. The third-order valence-corrected chi connectivity index (χ3v) is 1.60. The van der Waals surface area contributed by atoms with E-state index in [0.29, 0.717) is 0 Å². The van der Waals surface area contributed by atoms with Crippen LogP contribution in [0.3, 0.4) is 0 Å². The van der Waals surface area contributed by atoms with Crippen LogP contribution in [0.15, 0.2) is 0 Å². The van der Waals surface area contributed by atoms with Crippen molar-refractivity contribution < 1.29 is 0 Å². The lowest BCUT2D eigenvalue weighted by atomic mass is 9.98. The molecule has 0 aromatic heterocycles. The lowest BCUT2D eigenvalue weighted by Gasteiger charge is -2.23. The Bertz CT molecular complexity index is 79.3. The molecule has 62 valence electrons. The molecule has 0 bridgehead atoms. The Kier molecular flexibility index (Phi) is 4.65. The number of nitrogens with two attached hydrogens (primary N) is 1. The number of hydrogen-bond donors (Lipinski definition) is 2. The van der Waals surface area contributed by atoms with Crippen LogP contribution in [0.4, 0.5) is 0 Å². The minimum atomic E-state index is -0.00917. The molecule has 0 aliphatic carbocycles. The second-order valence-corrected chi connectivity index (χ2v) is 3.18. The van der Waals surface area contributed by atoms with Crippen molar-refractivity contribution in [1.82, 2.24) is 5.32 Å². The van der Waals surface area contributed by atoms with Crippen molar-refractivity contribution in [2.75, 3.05) is 13.1 Å². The summed E-state index contributed by atoms with van der Waals surface area (Å²) >= 11 is 0. The minimum Gasteiger partial charge on any atom is -0.324 e. The second-order valence-electron chi connectivity index (χ2n) is 3.18. The van der Waals surface area contributed by atoms with Gasteiger partial charge in [0.15, 0.2) is 0 Å². The topological polar surface area (TPSA) is 38.0 Å². The zero-order valence-electron chi connectivity index (χ0n) is 7.41. The third kappa shape index (κ3) is 4.77. The van der Waals surface area contributed by atoms with E-state index in [4.69, 9.17) is 5.73 Å². The molecule has 0 saturated carbocycles. The highest BCUT2D eigenvalue weighted by Gasteiger charge is 2.15. The smallest absolute Gasteiger partial charge is 0.0252 e. The summed E-state index contributed by atoms with van der Waals surface area (Å²) in [6.45, 7) is 8.30. The van der Waals surface area contributed by atoms with Crippen LogP contribution in [-0.2, 0) is 0 Å². The first-order valence-electron chi connectivity index (χ1n) is 4.12. The quantitative estimate of drug-likeness (QED) is 0.606. The molecule has 0 aromatic rings. The van der Waals surface area contributed by atoms with Crippen molar-refractivity contribution in [3.05, 3.63) is 0 Å². The van der Waals surface area contributed by atoms with Gasteiger partial charge in [-0.15, -0.1) is 0 Å². The highest BCUT2D eigenvalue weighted by Crippen LogP contribution is 2.05. The van der Waals surface area contributed by atoms with Crippen LogP contribution in [0, 0.1) is 0 Å². The first-order valence-corrected chi connectivity index (χ1v) is 4.12. The molecule has 10 heavy (non-hydrogen) atoms. The Labute approximate surface area is 64.2 Å². The van der Waals surface area contributed by atoms with Gasteiger partial charge in [-0.3, -0.25) is 0 Å². The summed E-state index contributed by atoms with van der Waals surface area (Å²) in [5.74, 6) is 0.